The zero-order valence-corrected chi connectivity index (χ0v) is 17.4. The number of nitrogens with one attached hydrogen (secondary N) is 1. The average Bonchev–Trinajstić information content (AvgIpc) is 3.27. The molecular formula is C24H28N4O2. The zero-order valence-electron chi connectivity index (χ0n) is 17.4. The first-order valence-electron chi connectivity index (χ1n) is 10.6. The summed E-state index contributed by atoms with van der Waals surface area (Å²) < 4.78 is 11.0. The molecule has 0 atom stereocenters. The number of anilines is 1. The number of nitrogens with zero attached hydrogens (tertiary/aromatic N) is 3. The van der Waals surface area contributed by atoms with Crippen molar-refractivity contribution in [3.05, 3.63) is 71.0 Å². The third kappa shape index (κ3) is 5.20. The van der Waals surface area contributed by atoms with E-state index < -0.39 is 0 Å². The van der Waals surface area contributed by atoms with Crippen molar-refractivity contribution in [2.24, 2.45) is 0 Å². The molecule has 2 heterocycles. The summed E-state index contributed by atoms with van der Waals surface area (Å²) in [5.74, 6) is 1.62. The summed E-state index contributed by atoms with van der Waals surface area (Å²) in [7, 11) is 0. The molecule has 4 rings (SSSR count). The fourth-order valence-corrected chi connectivity index (χ4v) is 3.66. The van der Waals surface area contributed by atoms with Crippen molar-refractivity contribution in [2.75, 3.05) is 25.1 Å². The van der Waals surface area contributed by atoms with Crippen LogP contribution in [0.3, 0.4) is 0 Å². The first-order chi connectivity index (χ1) is 14.8. The van der Waals surface area contributed by atoms with Crippen LogP contribution in [0, 0.1) is 0 Å². The van der Waals surface area contributed by atoms with E-state index in [2.05, 4.69) is 34.6 Å². The predicted octanol–water partition coefficient (Wildman–Crippen LogP) is 4.19. The number of benzene rings is 1. The van der Waals surface area contributed by atoms with Crippen molar-refractivity contribution in [2.45, 2.75) is 39.3 Å². The van der Waals surface area contributed by atoms with Gasteiger partial charge in [-0.2, -0.15) is 0 Å². The lowest BCUT2D eigenvalue weighted by Crippen LogP contribution is -2.08. The fourth-order valence-electron chi connectivity index (χ4n) is 3.66. The smallest absolute Gasteiger partial charge is 0.180 e. The summed E-state index contributed by atoms with van der Waals surface area (Å²) in [6.07, 6.45) is 4.93. The Morgan fingerprint density at radius 1 is 0.967 bits per heavy atom. The van der Waals surface area contributed by atoms with Crippen LogP contribution in [-0.2, 0) is 35.5 Å². The Hall–Kier alpha value is -2.83. The summed E-state index contributed by atoms with van der Waals surface area (Å²) in [4.78, 5) is 14.0. The van der Waals surface area contributed by atoms with Gasteiger partial charge in [0.05, 0.1) is 19.8 Å². The van der Waals surface area contributed by atoms with Gasteiger partial charge in [-0.05, 0) is 49.4 Å². The Morgan fingerprint density at radius 2 is 1.87 bits per heavy atom. The van der Waals surface area contributed by atoms with Crippen LogP contribution in [0.2, 0.25) is 0 Å². The molecule has 0 aliphatic heterocycles. The van der Waals surface area contributed by atoms with E-state index in [0.717, 1.165) is 48.6 Å². The van der Waals surface area contributed by atoms with E-state index in [1.54, 1.807) is 6.20 Å². The van der Waals surface area contributed by atoms with E-state index >= 15 is 0 Å². The van der Waals surface area contributed by atoms with Crippen LogP contribution in [-0.4, -0.2) is 34.8 Å². The zero-order chi connectivity index (χ0) is 20.6. The van der Waals surface area contributed by atoms with Crippen LogP contribution in [0.4, 0.5) is 5.82 Å². The van der Waals surface area contributed by atoms with Crippen molar-refractivity contribution >= 4 is 5.82 Å². The van der Waals surface area contributed by atoms with Crippen molar-refractivity contribution < 1.29 is 9.47 Å². The first kappa shape index (κ1) is 20.4. The molecule has 2 aromatic heterocycles. The normalized spacial score (nSPS) is 12.7. The Kier molecular flexibility index (Phi) is 7.00. The number of hydrogen-bond acceptors (Lipinski definition) is 6. The van der Waals surface area contributed by atoms with Gasteiger partial charge in [0.1, 0.15) is 11.5 Å². The summed E-state index contributed by atoms with van der Waals surface area (Å²) in [5, 5.41) is 3.54. The minimum atomic E-state index is 0.591. The van der Waals surface area contributed by atoms with Crippen molar-refractivity contribution in [1.29, 1.82) is 0 Å². The quantitative estimate of drug-likeness (QED) is 0.511. The molecule has 1 aliphatic carbocycles. The lowest BCUT2D eigenvalue weighted by molar-refractivity contribution is 0.0453. The molecule has 0 unspecified atom stereocenters. The molecule has 1 aromatic carbocycles. The minimum absolute atomic E-state index is 0.591. The second kappa shape index (κ2) is 10.3. The number of aromatic nitrogens is 3. The van der Waals surface area contributed by atoms with Gasteiger partial charge in [0.15, 0.2) is 5.82 Å². The van der Waals surface area contributed by atoms with Crippen molar-refractivity contribution in [3.8, 4) is 11.5 Å². The van der Waals surface area contributed by atoms with E-state index in [-0.39, 0.29) is 0 Å². The highest BCUT2D eigenvalue weighted by Crippen LogP contribution is 2.29. The fraction of sp³-hybridized carbons (Fsp3) is 0.375. The van der Waals surface area contributed by atoms with E-state index in [1.807, 2.05) is 25.1 Å². The maximum Gasteiger partial charge on any atom is 0.180 e. The van der Waals surface area contributed by atoms with Gasteiger partial charge < -0.3 is 14.8 Å². The summed E-state index contributed by atoms with van der Waals surface area (Å²) in [5.41, 5.74) is 5.55. The van der Waals surface area contributed by atoms with Gasteiger partial charge >= 0.3 is 0 Å². The lowest BCUT2D eigenvalue weighted by atomic mass is 10.1. The Morgan fingerprint density at radius 3 is 2.73 bits per heavy atom. The van der Waals surface area contributed by atoms with Crippen LogP contribution >= 0.6 is 0 Å². The maximum absolute atomic E-state index is 5.69. The molecular weight excluding hydrogens is 376 g/mol. The Labute approximate surface area is 177 Å². The van der Waals surface area contributed by atoms with Crippen LogP contribution in [0.5, 0.6) is 0 Å². The van der Waals surface area contributed by atoms with Crippen LogP contribution in [0.1, 0.15) is 35.7 Å². The van der Waals surface area contributed by atoms with Crippen molar-refractivity contribution in [3.63, 3.8) is 0 Å². The number of aryl methyl sites for hydroxylation is 1. The van der Waals surface area contributed by atoms with E-state index in [0.29, 0.717) is 32.2 Å². The number of pyridine rings is 1. The minimum Gasteiger partial charge on any atom is -0.379 e. The number of ether oxygens (including phenoxy) is 2. The molecule has 0 saturated carbocycles. The predicted molar refractivity (Wildman–Crippen MR) is 117 cm³/mol. The van der Waals surface area contributed by atoms with Crippen LogP contribution in [0.15, 0.2) is 48.7 Å². The summed E-state index contributed by atoms with van der Waals surface area (Å²) >= 11 is 0. The third-order valence-corrected chi connectivity index (χ3v) is 5.12. The molecule has 3 aromatic rings. The second-order valence-electron chi connectivity index (χ2n) is 7.31. The van der Waals surface area contributed by atoms with E-state index in [4.69, 9.17) is 19.4 Å². The number of fused-ring (bicyclic) bond motifs is 1. The first-order valence-corrected chi connectivity index (χ1v) is 10.6. The Balaban J connectivity index is 1.44. The topological polar surface area (TPSA) is 69.2 Å². The van der Waals surface area contributed by atoms with Gasteiger partial charge in [0, 0.05) is 30.6 Å². The van der Waals surface area contributed by atoms with Crippen LogP contribution in [0.25, 0.3) is 11.5 Å². The van der Waals surface area contributed by atoms with E-state index in [9.17, 15) is 0 Å². The SMILES string of the molecule is CCOCCOCc1cccc(CNc2nc(-c3ccccn3)nc3c2CCC3)c1. The summed E-state index contributed by atoms with van der Waals surface area (Å²) in [6.45, 7) is 5.25. The van der Waals surface area contributed by atoms with Gasteiger partial charge in [0.25, 0.3) is 0 Å². The highest BCUT2D eigenvalue weighted by Gasteiger charge is 2.20. The molecule has 6 heteroatoms. The van der Waals surface area contributed by atoms with Crippen LogP contribution < -0.4 is 5.32 Å². The largest absolute Gasteiger partial charge is 0.379 e. The van der Waals surface area contributed by atoms with Gasteiger partial charge in [-0.15, -0.1) is 0 Å². The second-order valence-corrected chi connectivity index (χ2v) is 7.31. The molecule has 0 spiro atoms. The molecule has 0 saturated heterocycles. The highest BCUT2D eigenvalue weighted by molar-refractivity contribution is 5.57. The van der Waals surface area contributed by atoms with Crippen molar-refractivity contribution in [1.82, 2.24) is 15.0 Å². The van der Waals surface area contributed by atoms with Gasteiger partial charge in [0.2, 0.25) is 0 Å². The van der Waals surface area contributed by atoms with Gasteiger partial charge in [-0.25, -0.2) is 9.97 Å². The number of hydrogen-bond donors (Lipinski definition) is 1. The molecule has 1 N–H and O–H groups in total. The lowest BCUT2D eigenvalue weighted by Gasteiger charge is -2.13. The molecule has 0 fully saturated rings. The monoisotopic (exact) mass is 404 g/mol. The molecule has 1 aliphatic rings. The standard InChI is InChI=1S/C24H28N4O2/c1-2-29-13-14-30-17-19-8-5-7-18(15-19)16-26-23-20-9-6-11-21(20)27-24(28-23)22-10-3-4-12-25-22/h3-5,7-8,10,12,15H,2,6,9,11,13-14,16-17H2,1H3,(H,26,27,28). The third-order valence-electron chi connectivity index (χ3n) is 5.12. The average molecular weight is 405 g/mol. The molecule has 156 valence electrons. The molecule has 30 heavy (non-hydrogen) atoms. The maximum atomic E-state index is 5.69. The molecule has 0 radical (unpaired) electrons. The molecule has 0 amide bonds. The summed E-state index contributed by atoms with van der Waals surface area (Å²) in [6, 6.07) is 14.3. The van der Waals surface area contributed by atoms with Gasteiger partial charge in [-0.1, -0.05) is 30.3 Å². The Bertz CT molecular complexity index is 963. The number of rotatable bonds is 10. The highest BCUT2D eigenvalue weighted by atomic mass is 16.5. The van der Waals surface area contributed by atoms with Gasteiger partial charge in [-0.3, -0.25) is 4.98 Å². The van der Waals surface area contributed by atoms with E-state index in [1.165, 1.54) is 11.1 Å². The molecule has 6 nitrogen and oxygen atoms in total. The molecule has 0 bridgehead atoms.